The van der Waals surface area contributed by atoms with Crippen molar-refractivity contribution in [2.45, 2.75) is 38.6 Å². The molecule has 0 aromatic carbocycles. The molecule has 1 fully saturated rings. The van der Waals surface area contributed by atoms with Crippen molar-refractivity contribution in [1.82, 2.24) is 19.4 Å². The molecule has 2 aromatic rings. The standard InChI is InChI=1S/C19H29N5/c1-16-15-20-8-5-18(16)23-12-6-17(7-13-23)19-21-9-14-24(19)11-4-10-22(2)3/h5,8-9,14-15,17H,4,6-7,10-13H2,1-3H3. The van der Waals surface area contributed by atoms with Gasteiger partial charge in [-0.05, 0) is 58.5 Å². The Labute approximate surface area is 145 Å². The third kappa shape index (κ3) is 3.96. The molecule has 24 heavy (non-hydrogen) atoms. The second-order valence-corrected chi connectivity index (χ2v) is 7.06. The predicted octanol–water partition coefficient (Wildman–Crippen LogP) is 2.92. The maximum Gasteiger partial charge on any atom is 0.111 e. The van der Waals surface area contributed by atoms with Gasteiger partial charge in [0.15, 0.2) is 0 Å². The molecule has 0 atom stereocenters. The number of hydrogen-bond acceptors (Lipinski definition) is 4. The average Bonchev–Trinajstić information content (AvgIpc) is 3.04. The quantitative estimate of drug-likeness (QED) is 0.817. The van der Waals surface area contributed by atoms with E-state index in [1.54, 1.807) is 0 Å². The maximum atomic E-state index is 4.67. The third-order valence-electron chi connectivity index (χ3n) is 4.94. The van der Waals surface area contributed by atoms with Crippen LogP contribution in [0.3, 0.4) is 0 Å². The number of pyridine rings is 1. The van der Waals surface area contributed by atoms with E-state index in [1.807, 2.05) is 18.6 Å². The molecule has 1 aliphatic heterocycles. The Morgan fingerprint density at radius 3 is 2.71 bits per heavy atom. The van der Waals surface area contributed by atoms with E-state index in [4.69, 9.17) is 0 Å². The summed E-state index contributed by atoms with van der Waals surface area (Å²) in [5.41, 5.74) is 2.60. The van der Waals surface area contributed by atoms with Crippen LogP contribution in [0.2, 0.25) is 0 Å². The van der Waals surface area contributed by atoms with Gasteiger partial charge in [-0.15, -0.1) is 0 Å². The van der Waals surface area contributed by atoms with Crippen molar-refractivity contribution in [3.63, 3.8) is 0 Å². The van der Waals surface area contributed by atoms with Crippen LogP contribution in [0.4, 0.5) is 5.69 Å². The van der Waals surface area contributed by atoms with E-state index in [1.165, 1.54) is 36.3 Å². The van der Waals surface area contributed by atoms with Crippen molar-refractivity contribution >= 4 is 5.69 Å². The van der Waals surface area contributed by atoms with Gasteiger partial charge >= 0.3 is 0 Å². The molecule has 0 aliphatic carbocycles. The summed E-state index contributed by atoms with van der Waals surface area (Å²) >= 11 is 0. The number of aryl methyl sites for hydroxylation is 2. The second kappa shape index (κ2) is 7.79. The highest BCUT2D eigenvalue weighted by Crippen LogP contribution is 2.30. The highest BCUT2D eigenvalue weighted by atomic mass is 15.1. The van der Waals surface area contributed by atoms with Gasteiger partial charge in [0.25, 0.3) is 0 Å². The summed E-state index contributed by atoms with van der Waals surface area (Å²) in [7, 11) is 4.26. The van der Waals surface area contributed by atoms with Crippen molar-refractivity contribution in [3.8, 4) is 0 Å². The van der Waals surface area contributed by atoms with Gasteiger partial charge in [0, 0.05) is 56.0 Å². The van der Waals surface area contributed by atoms with Crippen LogP contribution in [0.1, 0.15) is 36.6 Å². The van der Waals surface area contributed by atoms with Crippen LogP contribution in [-0.2, 0) is 6.54 Å². The van der Waals surface area contributed by atoms with Crippen molar-refractivity contribution < 1.29 is 0 Å². The molecule has 3 rings (SSSR count). The molecule has 5 heteroatoms. The molecule has 130 valence electrons. The molecule has 2 aromatic heterocycles. The van der Waals surface area contributed by atoms with Crippen LogP contribution in [-0.4, -0.2) is 53.2 Å². The lowest BCUT2D eigenvalue weighted by Crippen LogP contribution is -2.34. The largest absolute Gasteiger partial charge is 0.371 e. The topological polar surface area (TPSA) is 37.2 Å². The van der Waals surface area contributed by atoms with Crippen LogP contribution in [0, 0.1) is 6.92 Å². The van der Waals surface area contributed by atoms with E-state index in [9.17, 15) is 0 Å². The lowest BCUT2D eigenvalue weighted by Gasteiger charge is -2.34. The van der Waals surface area contributed by atoms with E-state index >= 15 is 0 Å². The zero-order valence-corrected chi connectivity index (χ0v) is 15.1. The van der Waals surface area contributed by atoms with Gasteiger partial charge in [-0.1, -0.05) is 0 Å². The minimum absolute atomic E-state index is 0.581. The summed E-state index contributed by atoms with van der Waals surface area (Å²) in [5, 5.41) is 0. The zero-order chi connectivity index (χ0) is 16.9. The fourth-order valence-corrected chi connectivity index (χ4v) is 3.63. The summed E-state index contributed by atoms with van der Waals surface area (Å²) in [5.74, 6) is 1.86. The van der Waals surface area contributed by atoms with Crippen molar-refractivity contribution in [2.75, 3.05) is 38.6 Å². The molecule has 0 unspecified atom stereocenters. The van der Waals surface area contributed by atoms with Gasteiger partial charge in [0.1, 0.15) is 5.82 Å². The number of hydrogen-bond donors (Lipinski definition) is 0. The van der Waals surface area contributed by atoms with E-state index in [0.29, 0.717) is 5.92 Å². The van der Waals surface area contributed by atoms with Gasteiger partial charge in [0.05, 0.1) is 0 Å². The van der Waals surface area contributed by atoms with Crippen LogP contribution < -0.4 is 4.90 Å². The Balaban J connectivity index is 1.59. The smallest absolute Gasteiger partial charge is 0.111 e. The van der Waals surface area contributed by atoms with E-state index < -0.39 is 0 Å². The minimum atomic E-state index is 0.581. The number of nitrogens with zero attached hydrogens (tertiary/aromatic N) is 5. The SMILES string of the molecule is Cc1cnccc1N1CCC(c2nccn2CCCN(C)C)CC1. The Morgan fingerprint density at radius 1 is 1.21 bits per heavy atom. The van der Waals surface area contributed by atoms with Gasteiger partial charge in [-0.2, -0.15) is 0 Å². The highest BCUT2D eigenvalue weighted by molar-refractivity contribution is 5.51. The summed E-state index contributed by atoms with van der Waals surface area (Å²) < 4.78 is 2.36. The number of imidazole rings is 1. The van der Waals surface area contributed by atoms with E-state index in [-0.39, 0.29) is 0 Å². The molecule has 5 nitrogen and oxygen atoms in total. The van der Waals surface area contributed by atoms with Gasteiger partial charge < -0.3 is 14.4 Å². The molecule has 0 amide bonds. The lowest BCUT2D eigenvalue weighted by molar-refractivity contribution is 0.380. The molecule has 0 bridgehead atoms. The normalized spacial score (nSPS) is 16.1. The Morgan fingerprint density at radius 2 is 2.00 bits per heavy atom. The summed E-state index contributed by atoms with van der Waals surface area (Å²) in [4.78, 5) is 13.6. The Kier molecular flexibility index (Phi) is 5.51. The first kappa shape index (κ1) is 17.0. The summed E-state index contributed by atoms with van der Waals surface area (Å²) in [6, 6.07) is 2.14. The Hall–Kier alpha value is -1.88. The fraction of sp³-hybridized carbons (Fsp3) is 0.579. The number of anilines is 1. The number of piperidine rings is 1. The summed E-state index contributed by atoms with van der Waals surface area (Å²) in [6.07, 6.45) is 11.5. The predicted molar refractivity (Wildman–Crippen MR) is 98.6 cm³/mol. The first-order valence-corrected chi connectivity index (χ1v) is 8.96. The van der Waals surface area contributed by atoms with Crippen molar-refractivity contribution in [1.29, 1.82) is 0 Å². The zero-order valence-electron chi connectivity index (χ0n) is 15.1. The maximum absolute atomic E-state index is 4.67. The molecule has 1 aliphatic rings. The summed E-state index contributed by atoms with van der Waals surface area (Å²) in [6.45, 7) is 6.53. The Bertz CT molecular complexity index is 641. The van der Waals surface area contributed by atoms with E-state index in [0.717, 1.165) is 26.2 Å². The third-order valence-corrected chi connectivity index (χ3v) is 4.94. The monoisotopic (exact) mass is 327 g/mol. The van der Waals surface area contributed by atoms with Crippen LogP contribution in [0.25, 0.3) is 0 Å². The van der Waals surface area contributed by atoms with Crippen LogP contribution in [0.5, 0.6) is 0 Å². The van der Waals surface area contributed by atoms with Crippen molar-refractivity contribution in [3.05, 3.63) is 42.2 Å². The van der Waals surface area contributed by atoms with Crippen LogP contribution >= 0.6 is 0 Å². The molecular formula is C19H29N5. The van der Waals surface area contributed by atoms with E-state index in [2.05, 4.69) is 57.6 Å². The number of rotatable bonds is 6. The molecule has 1 saturated heterocycles. The first-order valence-electron chi connectivity index (χ1n) is 8.96. The molecule has 0 radical (unpaired) electrons. The molecule has 3 heterocycles. The molecular weight excluding hydrogens is 298 g/mol. The van der Waals surface area contributed by atoms with Crippen LogP contribution in [0.15, 0.2) is 30.9 Å². The average molecular weight is 327 g/mol. The van der Waals surface area contributed by atoms with Gasteiger partial charge in [0.2, 0.25) is 0 Å². The van der Waals surface area contributed by atoms with Crippen molar-refractivity contribution in [2.24, 2.45) is 0 Å². The fourth-order valence-electron chi connectivity index (χ4n) is 3.63. The van der Waals surface area contributed by atoms with Gasteiger partial charge in [-0.25, -0.2) is 4.98 Å². The van der Waals surface area contributed by atoms with Gasteiger partial charge in [-0.3, -0.25) is 4.98 Å². The second-order valence-electron chi connectivity index (χ2n) is 7.06. The number of aromatic nitrogens is 3. The highest BCUT2D eigenvalue weighted by Gasteiger charge is 2.24. The molecule has 0 saturated carbocycles. The molecule has 0 N–H and O–H groups in total. The lowest BCUT2D eigenvalue weighted by atomic mass is 9.95. The first-order chi connectivity index (χ1) is 11.6. The molecule has 0 spiro atoms. The minimum Gasteiger partial charge on any atom is -0.371 e.